The number of carbonyl (C=O) groups is 1. The zero-order valence-electron chi connectivity index (χ0n) is 15.5. The Hall–Kier alpha value is -3.49. The van der Waals surface area contributed by atoms with Gasteiger partial charge in [0.15, 0.2) is 0 Å². The highest BCUT2D eigenvalue weighted by atomic mass is 35.5. The van der Waals surface area contributed by atoms with E-state index in [1.165, 1.54) is 16.9 Å². The number of nitro benzene ring substituents is 1. The van der Waals surface area contributed by atoms with Crippen molar-refractivity contribution in [2.75, 3.05) is 5.32 Å². The van der Waals surface area contributed by atoms with Crippen molar-refractivity contribution >= 4 is 51.5 Å². The summed E-state index contributed by atoms with van der Waals surface area (Å²) in [5, 5.41) is 23.1. The smallest absolute Gasteiger partial charge is 0.288 e. The molecule has 0 atom stereocenters. The molecule has 8 nitrogen and oxygen atoms in total. The predicted molar refractivity (Wildman–Crippen MR) is 115 cm³/mol. The average molecular weight is 442 g/mol. The minimum atomic E-state index is -0.638. The number of halogens is 2. The summed E-state index contributed by atoms with van der Waals surface area (Å²) in [5.74, 6) is -0.508. The molecule has 0 fully saturated rings. The van der Waals surface area contributed by atoms with Gasteiger partial charge in [-0.2, -0.15) is 4.80 Å². The highest BCUT2D eigenvalue weighted by Gasteiger charge is 2.17. The number of carbonyl (C=O) groups excluding carboxylic acids is 1. The fraction of sp³-hybridized carbons (Fsp3) is 0.0500. The molecule has 0 saturated heterocycles. The van der Waals surface area contributed by atoms with Crippen LogP contribution in [0.15, 0.2) is 54.6 Å². The molecule has 4 aromatic rings. The highest BCUT2D eigenvalue weighted by molar-refractivity contribution is 6.32. The maximum atomic E-state index is 12.5. The quantitative estimate of drug-likeness (QED) is 0.346. The van der Waals surface area contributed by atoms with Crippen LogP contribution in [0.4, 0.5) is 11.4 Å². The largest absolute Gasteiger partial charge is 0.322 e. The Labute approximate surface area is 180 Å². The summed E-state index contributed by atoms with van der Waals surface area (Å²) in [6.45, 7) is 1.91. The van der Waals surface area contributed by atoms with Crippen molar-refractivity contribution in [2.24, 2.45) is 0 Å². The molecule has 1 amide bonds. The van der Waals surface area contributed by atoms with E-state index in [1.54, 1.807) is 24.3 Å². The van der Waals surface area contributed by atoms with Crippen LogP contribution in [-0.2, 0) is 0 Å². The second-order valence-corrected chi connectivity index (χ2v) is 7.32. The van der Waals surface area contributed by atoms with Crippen LogP contribution in [0.3, 0.4) is 0 Å². The van der Waals surface area contributed by atoms with E-state index in [4.69, 9.17) is 23.2 Å². The maximum Gasteiger partial charge on any atom is 0.288 e. The number of nitrogens with one attached hydrogen (secondary N) is 1. The summed E-state index contributed by atoms with van der Waals surface area (Å²) >= 11 is 12.0. The molecule has 0 spiro atoms. The van der Waals surface area contributed by atoms with Gasteiger partial charge in [0.25, 0.3) is 11.6 Å². The van der Waals surface area contributed by atoms with Crippen LogP contribution in [0.5, 0.6) is 0 Å². The third-order valence-electron chi connectivity index (χ3n) is 4.43. The summed E-state index contributed by atoms with van der Waals surface area (Å²) < 4.78 is 0. The topological polar surface area (TPSA) is 103 Å². The van der Waals surface area contributed by atoms with Gasteiger partial charge in [-0.3, -0.25) is 14.9 Å². The normalized spacial score (nSPS) is 10.9. The second-order valence-electron chi connectivity index (χ2n) is 6.50. The number of aryl methyl sites for hydroxylation is 1. The summed E-state index contributed by atoms with van der Waals surface area (Å²) in [4.78, 5) is 24.3. The van der Waals surface area contributed by atoms with E-state index in [0.29, 0.717) is 27.4 Å². The summed E-state index contributed by atoms with van der Waals surface area (Å²) in [6.07, 6.45) is 0. The number of benzene rings is 3. The first-order valence-electron chi connectivity index (χ1n) is 8.71. The molecule has 0 saturated carbocycles. The lowest BCUT2D eigenvalue weighted by atomic mass is 10.2. The number of hydrogen-bond donors (Lipinski definition) is 1. The van der Waals surface area contributed by atoms with Crippen LogP contribution in [0, 0.1) is 17.0 Å². The molecular weight excluding hydrogens is 429 g/mol. The van der Waals surface area contributed by atoms with Crippen LogP contribution >= 0.6 is 23.2 Å². The van der Waals surface area contributed by atoms with Gasteiger partial charge in [-0.15, -0.1) is 10.2 Å². The Morgan fingerprint density at radius 3 is 2.50 bits per heavy atom. The summed E-state index contributed by atoms with van der Waals surface area (Å²) in [6, 6.07) is 14.4. The van der Waals surface area contributed by atoms with Gasteiger partial charge in [0.1, 0.15) is 16.1 Å². The van der Waals surface area contributed by atoms with Crippen LogP contribution in [0.2, 0.25) is 10.0 Å². The van der Waals surface area contributed by atoms with E-state index in [1.807, 2.05) is 19.1 Å². The average Bonchev–Trinajstić information content (AvgIpc) is 3.13. The van der Waals surface area contributed by atoms with Gasteiger partial charge in [-0.25, -0.2) is 0 Å². The van der Waals surface area contributed by atoms with Gasteiger partial charge in [0.05, 0.1) is 10.6 Å². The number of hydrogen-bond acceptors (Lipinski definition) is 5. The minimum absolute atomic E-state index is 0.0363. The third-order valence-corrected chi connectivity index (χ3v) is 5.16. The van der Waals surface area contributed by atoms with E-state index in [9.17, 15) is 14.9 Å². The van der Waals surface area contributed by atoms with E-state index in [2.05, 4.69) is 15.5 Å². The van der Waals surface area contributed by atoms with E-state index in [-0.39, 0.29) is 16.3 Å². The van der Waals surface area contributed by atoms with Crippen LogP contribution in [0.1, 0.15) is 15.9 Å². The minimum Gasteiger partial charge on any atom is -0.322 e. The molecule has 0 aliphatic heterocycles. The monoisotopic (exact) mass is 441 g/mol. The first-order chi connectivity index (χ1) is 14.3. The number of amides is 1. The number of aromatic nitrogens is 3. The highest BCUT2D eigenvalue weighted by Crippen LogP contribution is 2.26. The predicted octanol–water partition coefficient (Wildman–Crippen LogP) is 5.20. The third kappa shape index (κ3) is 3.83. The molecule has 3 aromatic carbocycles. The number of nitro groups is 1. The van der Waals surface area contributed by atoms with Crippen LogP contribution < -0.4 is 5.32 Å². The molecule has 150 valence electrons. The SMILES string of the molecule is Cc1ccc(-n2nc3ccc(NC(=O)c4ccc(Cl)c([N+](=O)[O-])c4)cc3n2)cc1Cl. The lowest BCUT2D eigenvalue weighted by Gasteiger charge is -2.05. The van der Waals surface area contributed by atoms with E-state index in [0.717, 1.165) is 11.6 Å². The Morgan fingerprint density at radius 1 is 1.00 bits per heavy atom. The first-order valence-corrected chi connectivity index (χ1v) is 9.46. The Morgan fingerprint density at radius 2 is 1.77 bits per heavy atom. The van der Waals surface area contributed by atoms with Gasteiger partial charge >= 0.3 is 0 Å². The lowest BCUT2D eigenvalue weighted by molar-refractivity contribution is -0.384. The Bertz CT molecular complexity index is 1320. The molecule has 30 heavy (non-hydrogen) atoms. The maximum absolute atomic E-state index is 12.5. The van der Waals surface area contributed by atoms with Gasteiger partial charge < -0.3 is 5.32 Å². The molecule has 4 rings (SSSR count). The number of nitrogens with zero attached hydrogens (tertiary/aromatic N) is 4. The lowest BCUT2D eigenvalue weighted by Crippen LogP contribution is -2.12. The summed E-state index contributed by atoms with van der Waals surface area (Å²) in [7, 11) is 0. The van der Waals surface area contributed by atoms with E-state index >= 15 is 0 Å². The van der Waals surface area contributed by atoms with E-state index < -0.39 is 10.8 Å². The van der Waals surface area contributed by atoms with Crippen molar-refractivity contribution in [3.8, 4) is 5.69 Å². The van der Waals surface area contributed by atoms with Crippen molar-refractivity contribution in [1.29, 1.82) is 0 Å². The first kappa shape index (κ1) is 19.8. The Balaban J connectivity index is 1.61. The van der Waals surface area contributed by atoms with Crippen LogP contribution in [-0.4, -0.2) is 25.8 Å². The summed E-state index contributed by atoms with van der Waals surface area (Å²) in [5.41, 5.74) is 3.10. The Kier molecular flexibility index (Phi) is 5.11. The van der Waals surface area contributed by atoms with Crippen molar-refractivity contribution in [2.45, 2.75) is 6.92 Å². The molecule has 0 bridgehead atoms. The fourth-order valence-electron chi connectivity index (χ4n) is 2.81. The molecule has 0 aliphatic carbocycles. The van der Waals surface area contributed by atoms with Crippen molar-refractivity contribution in [1.82, 2.24) is 15.0 Å². The standard InChI is InChI=1S/C20H13Cl2N5O3/c1-11-2-5-14(10-16(11)22)26-24-17-7-4-13(9-18(17)25-26)23-20(28)12-3-6-15(21)19(8-12)27(29)30/h2-10H,1H3,(H,23,28). The molecule has 10 heteroatoms. The molecule has 0 unspecified atom stereocenters. The number of rotatable bonds is 4. The fourth-order valence-corrected chi connectivity index (χ4v) is 3.17. The van der Waals surface area contributed by atoms with Gasteiger partial charge in [-0.05, 0) is 55.0 Å². The molecule has 1 N–H and O–H groups in total. The molecule has 0 radical (unpaired) electrons. The molecule has 1 heterocycles. The van der Waals surface area contributed by atoms with Gasteiger partial charge in [0, 0.05) is 22.3 Å². The van der Waals surface area contributed by atoms with Crippen molar-refractivity contribution in [3.63, 3.8) is 0 Å². The van der Waals surface area contributed by atoms with Gasteiger partial charge in [0.2, 0.25) is 0 Å². The zero-order chi connectivity index (χ0) is 21.4. The van der Waals surface area contributed by atoms with Crippen molar-refractivity contribution < 1.29 is 9.72 Å². The van der Waals surface area contributed by atoms with Crippen LogP contribution in [0.25, 0.3) is 16.7 Å². The molecule has 0 aliphatic rings. The number of fused-ring (bicyclic) bond motifs is 1. The van der Waals surface area contributed by atoms with Crippen molar-refractivity contribution in [3.05, 3.63) is 85.9 Å². The number of anilines is 1. The van der Waals surface area contributed by atoms with Gasteiger partial charge in [-0.1, -0.05) is 29.3 Å². The zero-order valence-corrected chi connectivity index (χ0v) is 17.0. The second kappa shape index (κ2) is 7.74. The molecular formula is C20H13Cl2N5O3. The molecule has 1 aromatic heterocycles.